The molecule has 2 heterocycles. The highest BCUT2D eigenvalue weighted by Gasteiger charge is 2.26. The van der Waals surface area contributed by atoms with E-state index in [2.05, 4.69) is 21.4 Å². The number of aromatic nitrogens is 2. The van der Waals surface area contributed by atoms with Crippen molar-refractivity contribution in [3.05, 3.63) is 12.4 Å². The van der Waals surface area contributed by atoms with Crippen molar-refractivity contribution in [3.63, 3.8) is 0 Å². The Balaban J connectivity index is 1.96. The Bertz CT molecular complexity index is 410. The summed E-state index contributed by atoms with van der Waals surface area (Å²) in [6.45, 7) is 7.93. The lowest BCUT2D eigenvalue weighted by molar-refractivity contribution is -0.142. The summed E-state index contributed by atoms with van der Waals surface area (Å²) in [6, 6.07) is -0.405. The van der Waals surface area contributed by atoms with Crippen molar-refractivity contribution in [1.82, 2.24) is 14.5 Å². The number of piperazine rings is 1. The first-order valence-corrected chi connectivity index (χ1v) is 6.36. The quantitative estimate of drug-likeness (QED) is 0.845. The predicted molar refractivity (Wildman–Crippen MR) is 68.8 cm³/mol. The van der Waals surface area contributed by atoms with Gasteiger partial charge in [0.1, 0.15) is 6.04 Å². The van der Waals surface area contributed by atoms with Crippen molar-refractivity contribution in [3.8, 4) is 0 Å². The summed E-state index contributed by atoms with van der Waals surface area (Å²) in [5.41, 5.74) is 0. The number of rotatable bonds is 4. The molecule has 1 saturated heterocycles. The van der Waals surface area contributed by atoms with E-state index in [0.29, 0.717) is 0 Å². The third-order valence-electron chi connectivity index (χ3n) is 3.54. The van der Waals surface area contributed by atoms with Gasteiger partial charge in [-0.05, 0) is 13.8 Å². The molecule has 100 valence electrons. The molecule has 0 bridgehead atoms. The van der Waals surface area contributed by atoms with Crippen LogP contribution in [0.1, 0.15) is 13.8 Å². The van der Waals surface area contributed by atoms with Crippen LogP contribution in [0.5, 0.6) is 0 Å². The fourth-order valence-electron chi connectivity index (χ4n) is 2.30. The van der Waals surface area contributed by atoms with Crippen LogP contribution in [0.15, 0.2) is 12.4 Å². The molecule has 1 fully saturated rings. The number of hydrogen-bond donors (Lipinski definition) is 1. The number of anilines is 1. The lowest BCUT2D eigenvalue weighted by atomic mass is 10.2. The molecule has 0 aliphatic carbocycles. The number of carboxylic acids is 1. The molecule has 1 atom stereocenters. The van der Waals surface area contributed by atoms with Crippen LogP contribution in [-0.2, 0) is 11.3 Å². The smallest absolute Gasteiger partial charge is 0.320 e. The van der Waals surface area contributed by atoms with Gasteiger partial charge in [-0.15, -0.1) is 0 Å². The molecule has 2 rings (SSSR count). The number of aliphatic carboxylic acids is 1. The van der Waals surface area contributed by atoms with Crippen molar-refractivity contribution in [2.75, 3.05) is 31.1 Å². The zero-order valence-electron chi connectivity index (χ0n) is 10.9. The Morgan fingerprint density at radius 1 is 1.44 bits per heavy atom. The second kappa shape index (κ2) is 5.39. The van der Waals surface area contributed by atoms with Crippen molar-refractivity contribution in [2.45, 2.75) is 26.4 Å². The molecule has 0 amide bonds. The van der Waals surface area contributed by atoms with E-state index in [0.717, 1.165) is 38.7 Å². The minimum Gasteiger partial charge on any atom is -0.480 e. The van der Waals surface area contributed by atoms with Gasteiger partial charge in [-0.1, -0.05) is 0 Å². The van der Waals surface area contributed by atoms with E-state index in [-0.39, 0.29) is 0 Å². The molecule has 1 aromatic rings. The van der Waals surface area contributed by atoms with Gasteiger partial charge in [0.05, 0.1) is 0 Å². The van der Waals surface area contributed by atoms with Crippen LogP contribution in [0, 0.1) is 0 Å². The van der Waals surface area contributed by atoms with E-state index in [1.54, 1.807) is 6.92 Å². The summed E-state index contributed by atoms with van der Waals surface area (Å²) >= 11 is 0. The van der Waals surface area contributed by atoms with Crippen molar-refractivity contribution >= 4 is 11.9 Å². The Morgan fingerprint density at radius 2 is 2.11 bits per heavy atom. The highest BCUT2D eigenvalue weighted by molar-refractivity contribution is 5.72. The fraction of sp³-hybridized carbons (Fsp3) is 0.667. The lowest BCUT2D eigenvalue weighted by Crippen LogP contribution is -2.52. The maximum atomic E-state index is 10.9. The summed E-state index contributed by atoms with van der Waals surface area (Å²) in [6.07, 6.45) is 3.78. The first-order valence-electron chi connectivity index (χ1n) is 6.36. The summed E-state index contributed by atoms with van der Waals surface area (Å²) < 4.78 is 2.11. The van der Waals surface area contributed by atoms with Gasteiger partial charge >= 0.3 is 5.97 Å². The molecule has 1 aliphatic rings. The number of carbonyl (C=O) groups is 1. The topological polar surface area (TPSA) is 61.6 Å². The Kier molecular flexibility index (Phi) is 3.86. The van der Waals surface area contributed by atoms with Crippen LogP contribution in [0.3, 0.4) is 0 Å². The maximum Gasteiger partial charge on any atom is 0.320 e. The second-order valence-corrected chi connectivity index (χ2v) is 4.55. The van der Waals surface area contributed by atoms with Gasteiger partial charge in [-0.2, -0.15) is 0 Å². The zero-order valence-corrected chi connectivity index (χ0v) is 10.9. The first kappa shape index (κ1) is 12.9. The molecule has 1 N–H and O–H groups in total. The number of nitrogens with zero attached hydrogens (tertiary/aromatic N) is 4. The maximum absolute atomic E-state index is 10.9. The first-order chi connectivity index (χ1) is 8.63. The molecule has 1 unspecified atom stereocenters. The monoisotopic (exact) mass is 252 g/mol. The molecular formula is C12H20N4O2. The summed E-state index contributed by atoms with van der Waals surface area (Å²) in [7, 11) is 0. The van der Waals surface area contributed by atoms with E-state index < -0.39 is 12.0 Å². The van der Waals surface area contributed by atoms with E-state index in [4.69, 9.17) is 5.11 Å². The fourth-order valence-corrected chi connectivity index (χ4v) is 2.30. The van der Waals surface area contributed by atoms with Gasteiger partial charge < -0.3 is 14.6 Å². The van der Waals surface area contributed by atoms with Crippen LogP contribution >= 0.6 is 0 Å². The Morgan fingerprint density at radius 3 is 2.67 bits per heavy atom. The van der Waals surface area contributed by atoms with Crippen molar-refractivity contribution < 1.29 is 9.90 Å². The highest BCUT2D eigenvalue weighted by atomic mass is 16.4. The summed E-state index contributed by atoms with van der Waals surface area (Å²) in [5, 5.41) is 8.99. The third kappa shape index (κ3) is 2.48. The minimum atomic E-state index is -0.751. The van der Waals surface area contributed by atoms with Crippen molar-refractivity contribution in [2.24, 2.45) is 0 Å². The van der Waals surface area contributed by atoms with Crippen molar-refractivity contribution in [1.29, 1.82) is 0 Å². The zero-order chi connectivity index (χ0) is 13.1. The van der Waals surface area contributed by atoms with Crippen LogP contribution in [-0.4, -0.2) is 57.7 Å². The molecule has 1 aliphatic heterocycles. The standard InChI is InChI=1S/C12H20N4O2/c1-3-14-5-4-13-12(14)16-8-6-15(7-9-16)10(2)11(17)18/h4-5,10H,3,6-9H2,1-2H3,(H,17,18). The molecule has 0 radical (unpaired) electrons. The normalized spacial score (nSPS) is 18.9. The second-order valence-electron chi connectivity index (χ2n) is 4.55. The average Bonchev–Trinajstić information content (AvgIpc) is 2.86. The molecule has 6 heteroatoms. The van der Waals surface area contributed by atoms with Gasteiger partial charge in [0, 0.05) is 45.1 Å². The van der Waals surface area contributed by atoms with Crippen LogP contribution in [0.2, 0.25) is 0 Å². The average molecular weight is 252 g/mol. The third-order valence-corrected chi connectivity index (χ3v) is 3.54. The van der Waals surface area contributed by atoms with E-state index in [1.807, 2.05) is 17.3 Å². The van der Waals surface area contributed by atoms with E-state index in [9.17, 15) is 4.79 Å². The molecule has 6 nitrogen and oxygen atoms in total. The van der Waals surface area contributed by atoms with Gasteiger partial charge in [-0.3, -0.25) is 9.69 Å². The molecule has 0 saturated carbocycles. The van der Waals surface area contributed by atoms with E-state index in [1.165, 1.54) is 0 Å². The number of imidazole rings is 1. The largest absolute Gasteiger partial charge is 0.480 e. The molecule has 18 heavy (non-hydrogen) atoms. The number of carboxylic acid groups (broad SMARTS) is 1. The molecule has 0 aromatic carbocycles. The number of aryl methyl sites for hydroxylation is 1. The van der Waals surface area contributed by atoms with Gasteiger partial charge in [0.15, 0.2) is 0 Å². The molecule has 1 aromatic heterocycles. The molecular weight excluding hydrogens is 232 g/mol. The molecule has 0 spiro atoms. The highest BCUT2D eigenvalue weighted by Crippen LogP contribution is 2.15. The SMILES string of the molecule is CCn1ccnc1N1CCN(C(C)C(=O)O)CC1. The lowest BCUT2D eigenvalue weighted by Gasteiger charge is -2.37. The van der Waals surface area contributed by atoms with Gasteiger partial charge in [0.25, 0.3) is 0 Å². The predicted octanol–water partition coefficient (Wildman–Crippen LogP) is 0.498. The minimum absolute atomic E-state index is 0.405. The number of hydrogen-bond acceptors (Lipinski definition) is 4. The summed E-state index contributed by atoms with van der Waals surface area (Å²) in [5.74, 6) is 0.235. The van der Waals surface area contributed by atoms with Crippen LogP contribution in [0.25, 0.3) is 0 Å². The Hall–Kier alpha value is -1.56. The van der Waals surface area contributed by atoms with Crippen LogP contribution in [0.4, 0.5) is 5.95 Å². The summed E-state index contributed by atoms with van der Waals surface area (Å²) in [4.78, 5) is 19.5. The van der Waals surface area contributed by atoms with E-state index >= 15 is 0 Å². The van der Waals surface area contributed by atoms with Gasteiger partial charge in [-0.25, -0.2) is 4.98 Å². The van der Waals surface area contributed by atoms with Gasteiger partial charge in [0.2, 0.25) is 5.95 Å². The van der Waals surface area contributed by atoms with Crippen LogP contribution < -0.4 is 4.90 Å². The Labute approximate surface area is 107 Å².